The fraction of sp³-hybridized carbons (Fsp3) is 0. The van der Waals surface area contributed by atoms with Gasteiger partial charge in [-0.05, 0) is 65.0 Å². The van der Waals surface area contributed by atoms with E-state index >= 15 is 0 Å². The lowest BCUT2D eigenvalue weighted by molar-refractivity contribution is 1.18. The maximum absolute atomic E-state index is 5.10. The molecule has 3 aromatic heterocycles. The highest BCUT2D eigenvalue weighted by atomic mass is 32.1. The molecule has 0 saturated carbocycles. The molecule has 0 saturated heterocycles. The van der Waals surface area contributed by atoms with Crippen LogP contribution in [0.4, 0.5) is 0 Å². The lowest BCUT2D eigenvalue weighted by atomic mass is 10.0. The van der Waals surface area contributed by atoms with Crippen molar-refractivity contribution in [3.8, 4) is 50.0 Å². The summed E-state index contributed by atoms with van der Waals surface area (Å²) in [6.07, 6.45) is 0. The lowest BCUT2D eigenvalue weighted by Crippen LogP contribution is -1.95. The molecule has 0 radical (unpaired) electrons. The van der Waals surface area contributed by atoms with Crippen molar-refractivity contribution in [2.24, 2.45) is 0 Å². The molecule has 0 aliphatic heterocycles. The molecule has 0 bridgehead atoms. The number of hydrogen-bond donors (Lipinski definition) is 0. The first kappa shape index (κ1) is 26.6. The van der Waals surface area contributed by atoms with E-state index in [9.17, 15) is 0 Å². The summed E-state index contributed by atoms with van der Waals surface area (Å²) in [5, 5.41) is 3.73. The highest BCUT2D eigenvalue weighted by molar-refractivity contribution is 7.22. The van der Waals surface area contributed by atoms with Crippen molar-refractivity contribution in [2.45, 2.75) is 0 Å². The number of hydrogen-bond acceptors (Lipinski definition) is 3. The SMILES string of the molecule is c1ccc(-c2cc(-c3cc4ccccc4s3)nc(-c3ccc(-c4ccc5c(c4)c4ccccc4n5-c4ccccc4)cc3)n2)cc1. The molecule has 216 valence electrons. The zero-order valence-electron chi connectivity index (χ0n) is 24.8. The van der Waals surface area contributed by atoms with Gasteiger partial charge in [0.25, 0.3) is 0 Å². The monoisotopic (exact) mass is 605 g/mol. The van der Waals surface area contributed by atoms with Gasteiger partial charge in [0.1, 0.15) is 0 Å². The minimum absolute atomic E-state index is 0.724. The van der Waals surface area contributed by atoms with E-state index in [4.69, 9.17) is 9.97 Å². The summed E-state index contributed by atoms with van der Waals surface area (Å²) in [4.78, 5) is 11.3. The molecule has 6 aromatic carbocycles. The van der Waals surface area contributed by atoms with Crippen molar-refractivity contribution < 1.29 is 0 Å². The van der Waals surface area contributed by atoms with Crippen LogP contribution in [0.15, 0.2) is 164 Å². The molecule has 0 spiro atoms. The van der Waals surface area contributed by atoms with Crippen LogP contribution in [0.5, 0.6) is 0 Å². The van der Waals surface area contributed by atoms with Gasteiger partial charge in [0.15, 0.2) is 5.82 Å². The molecule has 0 N–H and O–H groups in total. The molecule has 9 rings (SSSR count). The van der Waals surface area contributed by atoms with E-state index in [1.165, 1.54) is 43.1 Å². The third kappa shape index (κ3) is 4.59. The Bertz CT molecular complexity index is 2480. The van der Waals surface area contributed by atoms with E-state index in [1.54, 1.807) is 11.3 Å². The number of fused-ring (bicyclic) bond motifs is 4. The van der Waals surface area contributed by atoms with E-state index in [1.807, 2.05) is 6.07 Å². The summed E-state index contributed by atoms with van der Waals surface area (Å²) in [6, 6.07) is 57.9. The second-order valence-electron chi connectivity index (χ2n) is 11.5. The largest absolute Gasteiger partial charge is 0.309 e. The average Bonchev–Trinajstić information content (AvgIpc) is 3.72. The normalized spacial score (nSPS) is 11.5. The number of nitrogens with zero attached hydrogens (tertiary/aromatic N) is 3. The van der Waals surface area contributed by atoms with Crippen molar-refractivity contribution in [3.63, 3.8) is 0 Å². The lowest BCUT2D eigenvalue weighted by Gasteiger charge is -2.10. The summed E-state index contributed by atoms with van der Waals surface area (Å²) >= 11 is 1.77. The van der Waals surface area contributed by atoms with Crippen molar-refractivity contribution in [2.75, 3.05) is 0 Å². The van der Waals surface area contributed by atoms with Crippen LogP contribution < -0.4 is 0 Å². The van der Waals surface area contributed by atoms with Crippen molar-refractivity contribution >= 4 is 43.2 Å². The second-order valence-corrected chi connectivity index (χ2v) is 12.6. The van der Waals surface area contributed by atoms with Crippen LogP contribution in [0.2, 0.25) is 0 Å². The fourth-order valence-electron chi connectivity index (χ4n) is 6.39. The van der Waals surface area contributed by atoms with Crippen LogP contribution in [0.1, 0.15) is 0 Å². The van der Waals surface area contributed by atoms with Gasteiger partial charge in [-0.1, -0.05) is 115 Å². The molecule has 0 fully saturated rings. The van der Waals surface area contributed by atoms with Crippen LogP contribution in [0.25, 0.3) is 81.9 Å². The molecule has 0 unspecified atom stereocenters. The van der Waals surface area contributed by atoms with Gasteiger partial charge in [0, 0.05) is 32.3 Å². The Balaban J connectivity index is 1.13. The van der Waals surface area contributed by atoms with Gasteiger partial charge in [-0.2, -0.15) is 0 Å². The Hall–Kier alpha value is -5.84. The van der Waals surface area contributed by atoms with E-state index < -0.39 is 0 Å². The van der Waals surface area contributed by atoms with Crippen molar-refractivity contribution in [1.29, 1.82) is 0 Å². The van der Waals surface area contributed by atoms with Crippen molar-refractivity contribution in [3.05, 3.63) is 164 Å². The maximum atomic E-state index is 5.10. The Morgan fingerprint density at radius 2 is 1.09 bits per heavy atom. The molecule has 0 atom stereocenters. The molecule has 0 amide bonds. The van der Waals surface area contributed by atoms with Gasteiger partial charge in [-0.3, -0.25) is 0 Å². The molecule has 9 aromatic rings. The smallest absolute Gasteiger partial charge is 0.160 e. The predicted molar refractivity (Wildman–Crippen MR) is 193 cm³/mol. The first-order valence-electron chi connectivity index (χ1n) is 15.4. The topological polar surface area (TPSA) is 30.7 Å². The zero-order chi connectivity index (χ0) is 30.5. The van der Waals surface area contributed by atoms with Gasteiger partial charge in [0.2, 0.25) is 0 Å². The number of aromatic nitrogens is 3. The minimum Gasteiger partial charge on any atom is -0.309 e. The summed E-state index contributed by atoms with van der Waals surface area (Å²) in [7, 11) is 0. The van der Waals surface area contributed by atoms with Crippen LogP contribution in [-0.2, 0) is 0 Å². The first-order valence-corrected chi connectivity index (χ1v) is 16.2. The summed E-state index contributed by atoms with van der Waals surface area (Å²) < 4.78 is 3.61. The Morgan fingerprint density at radius 3 is 1.91 bits per heavy atom. The maximum Gasteiger partial charge on any atom is 0.160 e. The number of rotatable bonds is 5. The minimum atomic E-state index is 0.724. The Morgan fingerprint density at radius 1 is 0.435 bits per heavy atom. The zero-order valence-corrected chi connectivity index (χ0v) is 25.7. The highest BCUT2D eigenvalue weighted by Crippen LogP contribution is 2.37. The van der Waals surface area contributed by atoms with Gasteiger partial charge in [-0.15, -0.1) is 11.3 Å². The molecular formula is C42H27N3S. The fourth-order valence-corrected chi connectivity index (χ4v) is 7.41. The molecule has 3 nitrogen and oxygen atoms in total. The summed E-state index contributed by atoms with van der Waals surface area (Å²) in [6.45, 7) is 0. The number of thiophene rings is 1. The predicted octanol–water partition coefficient (Wildman–Crippen LogP) is 11.5. The van der Waals surface area contributed by atoms with Gasteiger partial charge < -0.3 is 4.57 Å². The Kier molecular flexibility index (Phi) is 6.32. The number of benzene rings is 6. The summed E-state index contributed by atoms with van der Waals surface area (Å²) in [5.41, 5.74) is 9.84. The first-order chi connectivity index (χ1) is 22.8. The van der Waals surface area contributed by atoms with E-state index in [0.29, 0.717) is 0 Å². The molecule has 46 heavy (non-hydrogen) atoms. The van der Waals surface area contributed by atoms with E-state index in [2.05, 4.69) is 162 Å². The molecule has 0 aliphatic rings. The van der Waals surface area contributed by atoms with Crippen LogP contribution in [0.3, 0.4) is 0 Å². The standard InChI is InChI=1S/C42H27N3S/c1-3-11-29(12-4-1)36-27-37(41-26-32-13-7-10-18-40(32)46-41)44-42(43-36)30-21-19-28(20-22-30)31-23-24-39-35(25-31)34-16-8-9-17-38(34)45(39)33-14-5-2-6-15-33/h1-27H. The van der Waals surface area contributed by atoms with E-state index in [0.717, 1.165) is 38.8 Å². The third-order valence-corrected chi connectivity index (χ3v) is 9.78. The second kappa shape index (κ2) is 11.0. The van der Waals surface area contributed by atoms with Crippen molar-refractivity contribution in [1.82, 2.24) is 14.5 Å². The van der Waals surface area contributed by atoms with Gasteiger partial charge in [0.05, 0.1) is 27.3 Å². The summed E-state index contributed by atoms with van der Waals surface area (Å²) in [5.74, 6) is 0.724. The Labute approximate surface area is 270 Å². The van der Waals surface area contributed by atoms with Crippen LogP contribution in [-0.4, -0.2) is 14.5 Å². The molecule has 4 heteroatoms. The molecule has 3 heterocycles. The van der Waals surface area contributed by atoms with Crippen LogP contribution in [0, 0.1) is 0 Å². The van der Waals surface area contributed by atoms with Crippen LogP contribution >= 0.6 is 11.3 Å². The van der Waals surface area contributed by atoms with Gasteiger partial charge in [-0.25, -0.2) is 9.97 Å². The molecular weight excluding hydrogens is 579 g/mol. The average molecular weight is 606 g/mol. The number of para-hydroxylation sites is 2. The van der Waals surface area contributed by atoms with E-state index in [-0.39, 0.29) is 0 Å². The quantitative estimate of drug-likeness (QED) is 0.195. The molecule has 0 aliphatic carbocycles. The van der Waals surface area contributed by atoms with Gasteiger partial charge >= 0.3 is 0 Å². The highest BCUT2D eigenvalue weighted by Gasteiger charge is 2.15. The third-order valence-electron chi connectivity index (χ3n) is 8.64.